The second-order valence-corrected chi connectivity index (χ2v) is 6.28. The van der Waals surface area contributed by atoms with Gasteiger partial charge in [-0.15, -0.1) is 0 Å². The van der Waals surface area contributed by atoms with Crippen molar-refractivity contribution in [2.75, 3.05) is 4.72 Å². The monoisotopic (exact) mass is 313 g/mol. The van der Waals surface area contributed by atoms with Crippen LogP contribution in [-0.4, -0.2) is 27.3 Å². The molecule has 0 spiro atoms. The van der Waals surface area contributed by atoms with Crippen LogP contribution >= 0.6 is 0 Å². The average molecular weight is 313 g/mol. The largest absolute Gasteiger partial charge is 0.332 e. The Kier molecular flexibility index (Phi) is 3.49. The molecule has 2 aromatic heterocycles. The van der Waals surface area contributed by atoms with Gasteiger partial charge in [-0.2, -0.15) is 5.10 Å². The highest BCUT2D eigenvalue weighted by Gasteiger charge is 2.21. The van der Waals surface area contributed by atoms with Crippen LogP contribution in [0.3, 0.4) is 0 Å². The summed E-state index contributed by atoms with van der Waals surface area (Å²) >= 11 is 0. The van der Waals surface area contributed by atoms with Crippen LogP contribution < -0.4 is 16.0 Å². The summed E-state index contributed by atoms with van der Waals surface area (Å²) in [6.45, 7) is 1.55. The molecule has 0 atom stereocenters. The molecule has 0 saturated heterocycles. The lowest BCUT2D eigenvalue weighted by Gasteiger charge is -2.11. The Bertz CT molecular complexity index is 919. The van der Waals surface area contributed by atoms with Gasteiger partial charge in [0.15, 0.2) is 0 Å². The summed E-state index contributed by atoms with van der Waals surface area (Å²) in [6, 6.07) is 1.05. The SMILES string of the molecule is Cc1nn(C)cc1S(=O)(=O)Nc1cc(=O)n(C)c(=O)n1C. The molecule has 0 radical (unpaired) electrons. The van der Waals surface area contributed by atoms with E-state index in [-0.39, 0.29) is 10.7 Å². The van der Waals surface area contributed by atoms with E-state index in [2.05, 4.69) is 9.82 Å². The topological polar surface area (TPSA) is 108 Å². The zero-order chi connectivity index (χ0) is 15.9. The third kappa shape index (κ3) is 2.61. The summed E-state index contributed by atoms with van der Waals surface area (Å²) < 4.78 is 30.1. The normalized spacial score (nSPS) is 11.6. The Morgan fingerprint density at radius 3 is 2.29 bits per heavy atom. The number of nitrogens with zero attached hydrogens (tertiary/aromatic N) is 4. The molecule has 0 aromatic carbocycles. The fourth-order valence-electron chi connectivity index (χ4n) is 1.87. The van der Waals surface area contributed by atoms with Gasteiger partial charge in [-0.1, -0.05) is 0 Å². The predicted octanol–water partition coefficient (Wildman–Crippen LogP) is -1.07. The third-order valence-electron chi connectivity index (χ3n) is 3.02. The van der Waals surface area contributed by atoms with Gasteiger partial charge >= 0.3 is 5.69 Å². The second kappa shape index (κ2) is 4.88. The molecule has 21 heavy (non-hydrogen) atoms. The lowest BCUT2D eigenvalue weighted by atomic mass is 10.5. The molecule has 114 valence electrons. The fourth-order valence-corrected chi connectivity index (χ4v) is 3.17. The van der Waals surface area contributed by atoms with Gasteiger partial charge in [-0.05, 0) is 6.92 Å². The summed E-state index contributed by atoms with van der Waals surface area (Å²) in [5.74, 6) is -0.105. The standard InChI is InChI=1S/C11H15N5O4S/c1-7-8(6-14(2)12-7)21(19,20)13-9-5-10(17)16(4)11(18)15(9)3/h5-6,13H,1-4H3. The van der Waals surface area contributed by atoms with E-state index in [0.29, 0.717) is 5.69 Å². The molecule has 0 bridgehead atoms. The molecule has 2 rings (SSSR count). The Balaban J connectivity index is 2.55. The van der Waals surface area contributed by atoms with Gasteiger partial charge in [-0.25, -0.2) is 13.2 Å². The number of sulfonamides is 1. The minimum Gasteiger partial charge on any atom is -0.282 e. The van der Waals surface area contributed by atoms with Gasteiger partial charge in [0, 0.05) is 33.4 Å². The van der Waals surface area contributed by atoms with Crippen molar-refractivity contribution in [1.82, 2.24) is 18.9 Å². The van der Waals surface area contributed by atoms with E-state index in [1.165, 1.54) is 25.0 Å². The van der Waals surface area contributed by atoms with Gasteiger partial charge in [0.05, 0.1) is 5.69 Å². The number of hydrogen-bond acceptors (Lipinski definition) is 5. The van der Waals surface area contributed by atoms with Gasteiger partial charge in [-0.3, -0.25) is 23.3 Å². The first-order chi connectivity index (χ1) is 9.63. The van der Waals surface area contributed by atoms with Crippen molar-refractivity contribution in [3.63, 3.8) is 0 Å². The number of nitrogens with one attached hydrogen (secondary N) is 1. The number of rotatable bonds is 3. The van der Waals surface area contributed by atoms with Crippen LogP contribution in [0.5, 0.6) is 0 Å². The zero-order valence-corrected chi connectivity index (χ0v) is 12.8. The average Bonchev–Trinajstić information content (AvgIpc) is 2.73. The van der Waals surface area contributed by atoms with Gasteiger partial charge in [0.1, 0.15) is 10.7 Å². The molecule has 0 aliphatic rings. The first-order valence-corrected chi connectivity index (χ1v) is 7.42. The molecule has 0 aliphatic heterocycles. The molecule has 10 heteroatoms. The van der Waals surface area contributed by atoms with Crippen LogP contribution in [0.4, 0.5) is 5.82 Å². The van der Waals surface area contributed by atoms with Gasteiger partial charge in [0.2, 0.25) is 0 Å². The van der Waals surface area contributed by atoms with E-state index in [0.717, 1.165) is 15.2 Å². The molecule has 0 fully saturated rings. The minimum absolute atomic E-state index is 0.0156. The molecule has 0 saturated carbocycles. The highest BCUT2D eigenvalue weighted by molar-refractivity contribution is 7.92. The van der Waals surface area contributed by atoms with Crippen molar-refractivity contribution in [3.8, 4) is 0 Å². The number of hydrogen-bond donors (Lipinski definition) is 1. The number of anilines is 1. The summed E-state index contributed by atoms with van der Waals surface area (Å²) in [5, 5.41) is 3.95. The summed E-state index contributed by atoms with van der Waals surface area (Å²) in [5.41, 5.74) is -0.902. The Labute approximate surface area is 120 Å². The Morgan fingerprint density at radius 2 is 1.76 bits per heavy atom. The van der Waals surface area contributed by atoms with Crippen molar-refractivity contribution in [2.45, 2.75) is 11.8 Å². The first-order valence-electron chi connectivity index (χ1n) is 5.93. The maximum atomic E-state index is 12.3. The van der Waals surface area contributed by atoms with Gasteiger partial charge in [0.25, 0.3) is 15.6 Å². The molecule has 9 nitrogen and oxygen atoms in total. The smallest absolute Gasteiger partial charge is 0.282 e. The van der Waals surface area contributed by atoms with Crippen molar-refractivity contribution in [2.24, 2.45) is 21.1 Å². The van der Waals surface area contributed by atoms with Crippen LogP contribution in [0.25, 0.3) is 0 Å². The maximum absolute atomic E-state index is 12.3. The zero-order valence-electron chi connectivity index (χ0n) is 12.0. The maximum Gasteiger partial charge on any atom is 0.332 e. The summed E-state index contributed by atoms with van der Waals surface area (Å²) in [4.78, 5) is 23.4. The quantitative estimate of drug-likeness (QED) is 0.776. The molecule has 0 amide bonds. The number of aromatic nitrogens is 4. The van der Waals surface area contributed by atoms with E-state index in [4.69, 9.17) is 0 Å². The van der Waals surface area contributed by atoms with Crippen molar-refractivity contribution >= 4 is 15.8 Å². The number of aryl methyl sites for hydroxylation is 2. The molecule has 2 heterocycles. The van der Waals surface area contributed by atoms with E-state index < -0.39 is 21.3 Å². The predicted molar refractivity (Wildman–Crippen MR) is 75.7 cm³/mol. The van der Waals surface area contributed by atoms with Crippen molar-refractivity contribution in [3.05, 3.63) is 38.8 Å². The van der Waals surface area contributed by atoms with Crippen LogP contribution in [0.15, 0.2) is 26.7 Å². The fraction of sp³-hybridized carbons (Fsp3) is 0.364. The highest BCUT2D eigenvalue weighted by Crippen LogP contribution is 2.16. The Hall–Kier alpha value is -2.36. The minimum atomic E-state index is -3.93. The van der Waals surface area contributed by atoms with Crippen LogP contribution in [0.2, 0.25) is 0 Å². The summed E-state index contributed by atoms with van der Waals surface area (Å²) in [6.07, 6.45) is 1.34. The van der Waals surface area contributed by atoms with Gasteiger partial charge < -0.3 is 0 Å². The van der Waals surface area contributed by atoms with E-state index in [1.54, 1.807) is 14.0 Å². The van der Waals surface area contributed by atoms with E-state index >= 15 is 0 Å². The molecule has 0 unspecified atom stereocenters. The molecule has 0 aliphatic carbocycles. The second-order valence-electron chi connectivity index (χ2n) is 4.63. The van der Waals surface area contributed by atoms with Crippen molar-refractivity contribution < 1.29 is 8.42 Å². The van der Waals surface area contributed by atoms with Crippen LogP contribution in [0, 0.1) is 6.92 Å². The van der Waals surface area contributed by atoms with Crippen LogP contribution in [0.1, 0.15) is 5.69 Å². The molecular weight excluding hydrogens is 298 g/mol. The molecular formula is C11H15N5O4S. The lowest BCUT2D eigenvalue weighted by Crippen LogP contribution is -2.38. The molecule has 1 N–H and O–H groups in total. The first kappa shape index (κ1) is 15.0. The van der Waals surface area contributed by atoms with E-state index in [9.17, 15) is 18.0 Å². The molecule has 2 aromatic rings. The highest BCUT2D eigenvalue weighted by atomic mass is 32.2. The van der Waals surface area contributed by atoms with Crippen molar-refractivity contribution in [1.29, 1.82) is 0 Å². The van der Waals surface area contributed by atoms with Crippen LogP contribution in [-0.2, 0) is 31.2 Å². The lowest BCUT2D eigenvalue weighted by molar-refractivity contribution is 0.599. The van der Waals surface area contributed by atoms with E-state index in [1.807, 2.05) is 0 Å². The third-order valence-corrected chi connectivity index (χ3v) is 4.48. The Morgan fingerprint density at radius 1 is 1.14 bits per heavy atom. The summed E-state index contributed by atoms with van der Waals surface area (Å²) in [7, 11) is 0.348.